The number of anilines is 1. The average Bonchev–Trinajstić information content (AvgIpc) is 2.86. The Hall–Kier alpha value is -3.22. The van der Waals surface area contributed by atoms with Crippen LogP contribution < -0.4 is 10.6 Å². The van der Waals surface area contributed by atoms with E-state index in [2.05, 4.69) is 10.6 Å². The van der Waals surface area contributed by atoms with Crippen LogP contribution in [0.2, 0.25) is 0 Å². The summed E-state index contributed by atoms with van der Waals surface area (Å²) >= 11 is 0. The van der Waals surface area contributed by atoms with E-state index in [0.717, 1.165) is 10.5 Å². The third-order valence-corrected chi connectivity index (χ3v) is 4.75. The summed E-state index contributed by atoms with van der Waals surface area (Å²) in [5, 5.41) is 5.07. The molecule has 27 heavy (non-hydrogen) atoms. The first-order valence-electron chi connectivity index (χ1n) is 8.52. The summed E-state index contributed by atoms with van der Waals surface area (Å²) in [5.74, 6) is -1.79. The van der Waals surface area contributed by atoms with Gasteiger partial charge < -0.3 is 10.6 Å². The van der Waals surface area contributed by atoms with Crippen molar-refractivity contribution in [3.05, 3.63) is 65.5 Å². The smallest absolute Gasteiger partial charge is 0.322 e. The molecule has 2 N–H and O–H groups in total. The minimum atomic E-state index is -1.27. The number of urea groups is 1. The van der Waals surface area contributed by atoms with Crippen LogP contribution in [-0.4, -0.2) is 28.8 Å². The van der Waals surface area contributed by atoms with Gasteiger partial charge in [0.2, 0.25) is 5.91 Å². The lowest BCUT2D eigenvalue weighted by atomic mass is 9.91. The molecule has 7 heteroatoms. The highest BCUT2D eigenvalue weighted by Gasteiger charge is 2.51. The van der Waals surface area contributed by atoms with Crippen molar-refractivity contribution in [2.24, 2.45) is 0 Å². The van der Waals surface area contributed by atoms with Crippen molar-refractivity contribution in [1.29, 1.82) is 0 Å². The standard InChI is InChI=1S/C20H20FN3O3/c1-12-8-10-14(11-9-12)20(3)18(26)24(19(27)23-20)13(2)17(25)22-16-7-5-4-6-15(16)21/h4-11,13H,1-3H3,(H,22,25)(H,23,27)/t13-,20-/m0/s1. The van der Waals surface area contributed by atoms with Gasteiger partial charge >= 0.3 is 6.03 Å². The third-order valence-electron chi connectivity index (χ3n) is 4.75. The number of amides is 4. The predicted octanol–water partition coefficient (Wildman–Crippen LogP) is 2.93. The second-order valence-electron chi connectivity index (χ2n) is 6.74. The van der Waals surface area contributed by atoms with Gasteiger partial charge in [-0.15, -0.1) is 0 Å². The zero-order chi connectivity index (χ0) is 19.8. The lowest BCUT2D eigenvalue weighted by Crippen LogP contribution is -2.47. The Labute approximate surface area is 156 Å². The Morgan fingerprint density at radius 1 is 1.15 bits per heavy atom. The fraction of sp³-hybridized carbons (Fsp3) is 0.250. The van der Waals surface area contributed by atoms with E-state index < -0.39 is 35.2 Å². The lowest BCUT2D eigenvalue weighted by Gasteiger charge is -2.24. The van der Waals surface area contributed by atoms with Crippen LogP contribution in [0.3, 0.4) is 0 Å². The van der Waals surface area contributed by atoms with Crippen LogP contribution in [-0.2, 0) is 15.1 Å². The van der Waals surface area contributed by atoms with Gasteiger partial charge in [0.25, 0.3) is 5.91 Å². The van der Waals surface area contributed by atoms with Gasteiger partial charge in [-0.2, -0.15) is 0 Å². The van der Waals surface area contributed by atoms with Crippen LogP contribution in [0.4, 0.5) is 14.9 Å². The maximum Gasteiger partial charge on any atom is 0.326 e. The van der Waals surface area contributed by atoms with E-state index in [1.807, 2.05) is 19.1 Å². The molecule has 0 spiro atoms. The summed E-state index contributed by atoms with van der Waals surface area (Å²) in [4.78, 5) is 38.8. The van der Waals surface area contributed by atoms with Gasteiger partial charge in [0.1, 0.15) is 17.4 Å². The molecule has 140 valence electrons. The molecule has 0 radical (unpaired) electrons. The van der Waals surface area contributed by atoms with E-state index in [9.17, 15) is 18.8 Å². The first kappa shape index (κ1) is 18.6. The average molecular weight is 369 g/mol. The van der Waals surface area contributed by atoms with Crippen molar-refractivity contribution >= 4 is 23.5 Å². The van der Waals surface area contributed by atoms with E-state index in [1.54, 1.807) is 25.1 Å². The number of carbonyl (C=O) groups excluding carboxylic acids is 3. The van der Waals surface area contributed by atoms with Crippen molar-refractivity contribution in [1.82, 2.24) is 10.2 Å². The molecule has 3 rings (SSSR count). The van der Waals surface area contributed by atoms with E-state index in [4.69, 9.17) is 0 Å². The van der Waals surface area contributed by atoms with Gasteiger partial charge in [-0.1, -0.05) is 42.0 Å². The minimum absolute atomic E-state index is 0.0114. The highest BCUT2D eigenvalue weighted by molar-refractivity contribution is 6.11. The van der Waals surface area contributed by atoms with Crippen LogP contribution in [0.1, 0.15) is 25.0 Å². The van der Waals surface area contributed by atoms with Crippen LogP contribution in [0.5, 0.6) is 0 Å². The summed E-state index contributed by atoms with van der Waals surface area (Å²) in [6.07, 6.45) is 0. The lowest BCUT2D eigenvalue weighted by molar-refractivity contribution is -0.136. The molecule has 2 aromatic carbocycles. The molecular weight excluding hydrogens is 349 g/mol. The zero-order valence-electron chi connectivity index (χ0n) is 15.2. The number of nitrogens with one attached hydrogen (secondary N) is 2. The molecule has 1 heterocycles. The number of hydrogen-bond donors (Lipinski definition) is 2. The van der Waals surface area contributed by atoms with Crippen molar-refractivity contribution in [2.45, 2.75) is 32.4 Å². The van der Waals surface area contributed by atoms with Crippen LogP contribution in [0.15, 0.2) is 48.5 Å². The quantitative estimate of drug-likeness (QED) is 0.814. The van der Waals surface area contributed by atoms with Crippen LogP contribution in [0.25, 0.3) is 0 Å². The second kappa shape index (κ2) is 6.83. The summed E-state index contributed by atoms with van der Waals surface area (Å²) in [5.41, 5.74) is 0.365. The number of rotatable bonds is 4. The first-order chi connectivity index (χ1) is 12.7. The van der Waals surface area contributed by atoms with Gasteiger partial charge in [0.05, 0.1) is 5.69 Å². The number of aryl methyl sites for hydroxylation is 1. The second-order valence-corrected chi connectivity index (χ2v) is 6.74. The Bertz CT molecular complexity index is 913. The third kappa shape index (κ3) is 3.28. The summed E-state index contributed by atoms with van der Waals surface area (Å²) in [6.45, 7) is 4.94. The van der Waals surface area contributed by atoms with Gasteiger partial charge in [0.15, 0.2) is 0 Å². The van der Waals surface area contributed by atoms with Crippen molar-refractivity contribution in [3.63, 3.8) is 0 Å². The predicted molar refractivity (Wildman–Crippen MR) is 98.4 cm³/mol. The van der Waals surface area contributed by atoms with Crippen molar-refractivity contribution < 1.29 is 18.8 Å². The number of halogens is 1. The number of benzene rings is 2. The molecule has 6 nitrogen and oxygen atoms in total. The van der Waals surface area contributed by atoms with Crippen molar-refractivity contribution in [3.8, 4) is 0 Å². The molecule has 2 aromatic rings. The SMILES string of the molecule is Cc1ccc([C@]2(C)NC(=O)N([C@@H](C)C(=O)Nc3ccccc3F)C2=O)cc1. The number of hydrogen-bond acceptors (Lipinski definition) is 3. The van der Waals surface area contributed by atoms with Crippen LogP contribution in [0, 0.1) is 12.7 Å². The maximum absolute atomic E-state index is 13.7. The molecule has 0 saturated carbocycles. The Morgan fingerprint density at radius 2 is 1.78 bits per heavy atom. The maximum atomic E-state index is 13.7. The van der Waals surface area contributed by atoms with Crippen LogP contribution >= 0.6 is 0 Å². The molecule has 1 fully saturated rings. The Balaban J connectivity index is 1.83. The molecule has 1 aliphatic rings. The highest BCUT2D eigenvalue weighted by atomic mass is 19.1. The fourth-order valence-electron chi connectivity index (χ4n) is 3.01. The number of para-hydroxylation sites is 1. The largest absolute Gasteiger partial charge is 0.326 e. The van der Waals surface area contributed by atoms with Gasteiger partial charge in [-0.05, 0) is 38.5 Å². The van der Waals surface area contributed by atoms with E-state index in [1.165, 1.54) is 25.1 Å². The fourth-order valence-corrected chi connectivity index (χ4v) is 3.01. The molecule has 0 aliphatic carbocycles. The normalized spacial score (nSPS) is 20.4. The monoisotopic (exact) mass is 369 g/mol. The molecular formula is C20H20FN3O3. The molecule has 1 aliphatic heterocycles. The molecule has 0 bridgehead atoms. The number of imide groups is 1. The van der Waals surface area contributed by atoms with E-state index >= 15 is 0 Å². The summed E-state index contributed by atoms with van der Waals surface area (Å²) in [7, 11) is 0. The summed E-state index contributed by atoms with van der Waals surface area (Å²) < 4.78 is 13.7. The molecule has 1 saturated heterocycles. The Kier molecular flexibility index (Phi) is 4.70. The summed E-state index contributed by atoms with van der Waals surface area (Å²) in [6, 6.07) is 11.1. The number of nitrogens with zero attached hydrogens (tertiary/aromatic N) is 1. The zero-order valence-corrected chi connectivity index (χ0v) is 15.2. The Morgan fingerprint density at radius 3 is 2.41 bits per heavy atom. The van der Waals surface area contributed by atoms with Gasteiger partial charge in [-0.25, -0.2) is 14.1 Å². The topological polar surface area (TPSA) is 78.5 Å². The van der Waals surface area contributed by atoms with Gasteiger partial charge in [0, 0.05) is 0 Å². The van der Waals surface area contributed by atoms with Gasteiger partial charge in [-0.3, -0.25) is 9.59 Å². The molecule has 0 unspecified atom stereocenters. The molecule has 0 aromatic heterocycles. The molecule has 4 amide bonds. The van der Waals surface area contributed by atoms with Crippen molar-refractivity contribution in [2.75, 3.05) is 5.32 Å². The van der Waals surface area contributed by atoms with E-state index in [-0.39, 0.29) is 5.69 Å². The molecule has 2 atom stereocenters. The highest BCUT2D eigenvalue weighted by Crippen LogP contribution is 2.30. The minimum Gasteiger partial charge on any atom is -0.322 e. The first-order valence-corrected chi connectivity index (χ1v) is 8.52. The van der Waals surface area contributed by atoms with E-state index in [0.29, 0.717) is 5.56 Å². The number of carbonyl (C=O) groups is 3.